The maximum atomic E-state index is 13.2. The molecule has 3 aromatic rings. The second-order valence-corrected chi connectivity index (χ2v) is 4.68. The molecular weight excluding hydrogens is 260 g/mol. The van der Waals surface area contributed by atoms with Crippen LogP contribution in [-0.4, -0.2) is 14.8 Å². The Bertz CT molecular complexity index is 764. The molecule has 0 saturated carbocycles. The summed E-state index contributed by atoms with van der Waals surface area (Å²) < 4.78 is 28.0. The quantitative estimate of drug-likeness (QED) is 0.707. The highest BCUT2D eigenvalue weighted by Crippen LogP contribution is 2.30. The number of nitrogens with zero attached hydrogens (tertiary/aromatic N) is 3. The average Bonchev–Trinajstić information content (AvgIpc) is 2.76. The third kappa shape index (κ3) is 1.95. The zero-order valence-corrected chi connectivity index (χ0v) is 11.1. The number of alkyl halides is 2. The highest BCUT2D eigenvalue weighted by Gasteiger charge is 2.20. The molecule has 0 bridgehead atoms. The minimum Gasteiger partial charge on any atom is -0.233 e. The highest BCUT2D eigenvalue weighted by molar-refractivity contribution is 5.84. The van der Waals surface area contributed by atoms with Gasteiger partial charge in [-0.15, -0.1) is 0 Å². The normalized spacial score (nSPS) is 11.4. The molecule has 0 atom stereocenters. The topological polar surface area (TPSA) is 30.7 Å². The smallest absolute Gasteiger partial charge is 0.233 e. The first kappa shape index (κ1) is 12.7. The molecule has 0 amide bonds. The number of para-hydroxylation sites is 1. The maximum absolute atomic E-state index is 13.2. The Morgan fingerprint density at radius 1 is 1.10 bits per heavy atom. The summed E-state index contributed by atoms with van der Waals surface area (Å²) in [5.74, 6) is 0. The summed E-state index contributed by atoms with van der Waals surface area (Å²) in [4.78, 5) is 4.38. The Hall–Kier alpha value is -2.30. The van der Waals surface area contributed by atoms with Crippen molar-refractivity contribution in [2.24, 2.45) is 0 Å². The fraction of sp³-hybridized carbons (Fsp3) is 0.200. The molecule has 2 heterocycles. The summed E-state index contributed by atoms with van der Waals surface area (Å²) in [7, 11) is 0. The fourth-order valence-electron chi connectivity index (χ4n) is 2.37. The number of fused-ring (bicyclic) bond motifs is 1. The second kappa shape index (κ2) is 4.67. The third-order valence-corrected chi connectivity index (χ3v) is 3.21. The number of pyridine rings is 1. The molecule has 0 unspecified atom stereocenters. The summed E-state index contributed by atoms with van der Waals surface area (Å²) in [5, 5.41) is 4.80. The van der Waals surface area contributed by atoms with Gasteiger partial charge in [0.05, 0.1) is 16.8 Å². The van der Waals surface area contributed by atoms with E-state index in [1.54, 1.807) is 18.5 Å². The molecule has 0 saturated heterocycles. The van der Waals surface area contributed by atoms with Crippen molar-refractivity contribution >= 4 is 11.0 Å². The molecule has 5 heteroatoms. The molecule has 2 aromatic heterocycles. The summed E-state index contributed by atoms with van der Waals surface area (Å²) in [6.07, 6.45) is -2.54. The van der Waals surface area contributed by atoms with Gasteiger partial charge in [-0.3, -0.25) is 0 Å². The molecule has 3 rings (SSSR count). The number of hydrogen-bond acceptors (Lipinski definition) is 2. The standard InChI is InChI=1S/C15H13F2N3/c1-9-8-12(14(16)17)13-10(2)19-20(15(13)18-9)11-6-4-3-5-7-11/h3-8,14H,1-2H3. The Balaban J connectivity index is 2.37. The van der Waals surface area contributed by atoms with Crippen molar-refractivity contribution in [3.8, 4) is 5.69 Å². The van der Waals surface area contributed by atoms with Gasteiger partial charge in [0, 0.05) is 11.3 Å². The molecule has 0 aliphatic rings. The lowest BCUT2D eigenvalue weighted by molar-refractivity contribution is 0.153. The van der Waals surface area contributed by atoms with Gasteiger partial charge in [0.15, 0.2) is 5.65 Å². The van der Waals surface area contributed by atoms with Crippen LogP contribution in [0.15, 0.2) is 36.4 Å². The van der Waals surface area contributed by atoms with E-state index in [4.69, 9.17) is 0 Å². The summed E-state index contributed by atoms with van der Waals surface area (Å²) in [6, 6.07) is 10.8. The van der Waals surface area contributed by atoms with Crippen LogP contribution in [0.1, 0.15) is 23.4 Å². The van der Waals surface area contributed by atoms with Crippen molar-refractivity contribution in [3.05, 3.63) is 53.3 Å². The van der Waals surface area contributed by atoms with Gasteiger partial charge in [0.2, 0.25) is 0 Å². The SMILES string of the molecule is Cc1cc(C(F)F)c2c(C)nn(-c3ccccc3)c2n1. The molecule has 0 spiro atoms. The molecule has 0 N–H and O–H groups in total. The minimum atomic E-state index is -2.54. The van der Waals surface area contributed by atoms with Gasteiger partial charge < -0.3 is 0 Å². The van der Waals surface area contributed by atoms with E-state index >= 15 is 0 Å². The monoisotopic (exact) mass is 273 g/mol. The van der Waals surface area contributed by atoms with Gasteiger partial charge in [0.1, 0.15) is 0 Å². The van der Waals surface area contributed by atoms with Crippen molar-refractivity contribution in [1.82, 2.24) is 14.8 Å². The maximum Gasteiger partial charge on any atom is 0.264 e. The number of aryl methyl sites for hydroxylation is 2. The molecule has 0 fully saturated rings. The van der Waals surface area contributed by atoms with E-state index in [1.807, 2.05) is 30.3 Å². The van der Waals surface area contributed by atoms with Gasteiger partial charge in [-0.25, -0.2) is 18.4 Å². The Morgan fingerprint density at radius 2 is 1.80 bits per heavy atom. The molecule has 0 radical (unpaired) electrons. The summed E-state index contributed by atoms with van der Waals surface area (Å²) >= 11 is 0. The Kier molecular flexibility index (Phi) is 2.97. The van der Waals surface area contributed by atoms with Gasteiger partial charge in [-0.05, 0) is 32.0 Å². The van der Waals surface area contributed by atoms with Crippen LogP contribution in [-0.2, 0) is 0 Å². The van der Waals surface area contributed by atoms with Crippen LogP contribution in [0.2, 0.25) is 0 Å². The lowest BCUT2D eigenvalue weighted by Crippen LogP contribution is -1.99. The van der Waals surface area contributed by atoms with Gasteiger partial charge in [-0.1, -0.05) is 18.2 Å². The molecule has 0 aliphatic heterocycles. The van der Waals surface area contributed by atoms with Crippen LogP contribution in [0.3, 0.4) is 0 Å². The fourth-order valence-corrected chi connectivity index (χ4v) is 2.37. The minimum absolute atomic E-state index is 0.00724. The molecule has 0 aliphatic carbocycles. The van der Waals surface area contributed by atoms with Crippen LogP contribution in [0.4, 0.5) is 8.78 Å². The lowest BCUT2D eigenvalue weighted by Gasteiger charge is -2.06. The number of aromatic nitrogens is 3. The Labute approximate surface area is 114 Å². The molecule has 102 valence electrons. The van der Waals surface area contributed by atoms with E-state index < -0.39 is 6.43 Å². The van der Waals surface area contributed by atoms with E-state index in [1.165, 1.54) is 6.07 Å². The lowest BCUT2D eigenvalue weighted by atomic mass is 10.1. The van der Waals surface area contributed by atoms with E-state index in [0.29, 0.717) is 22.4 Å². The molecular formula is C15H13F2N3. The first-order chi connectivity index (χ1) is 9.58. The largest absolute Gasteiger partial charge is 0.264 e. The second-order valence-electron chi connectivity index (χ2n) is 4.68. The number of rotatable bonds is 2. The van der Waals surface area contributed by atoms with Gasteiger partial charge >= 0.3 is 0 Å². The van der Waals surface area contributed by atoms with Crippen LogP contribution in [0, 0.1) is 13.8 Å². The van der Waals surface area contributed by atoms with E-state index in [-0.39, 0.29) is 5.56 Å². The van der Waals surface area contributed by atoms with E-state index in [2.05, 4.69) is 10.1 Å². The number of hydrogen-bond donors (Lipinski definition) is 0. The van der Waals surface area contributed by atoms with Crippen molar-refractivity contribution in [2.75, 3.05) is 0 Å². The molecule has 20 heavy (non-hydrogen) atoms. The van der Waals surface area contributed by atoms with Crippen LogP contribution < -0.4 is 0 Å². The predicted octanol–water partition coefficient (Wildman–Crippen LogP) is 3.97. The van der Waals surface area contributed by atoms with Gasteiger partial charge in [-0.2, -0.15) is 5.10 Å². The van der Waals surface area contributed by atoms with Crippen molar-refractivity contribution in [2.45, 2.75) is 20.3 Å². The van der Waals surface area contributed by atoms with Crippen molar-refractivity contribution < 1.29 is 8.78 Å². The average molecular weight is 273 g/mol. The summed E-state index contributed by atoms with van der Waals surface area (Å²) in [6.45, 7) is 3.44. The zero-order valence-electron chi connectivity index (χ0n) is 11.1. The van der Waals surface area contributed by atoms with Crippen LogP contribution in [0.5, 0.6) is 0 Å². The molecule has 1 aromatic carbocycles. The number of benzene rings is 1. The predicted molar refractivity (Wildman–Crippen MR) is 73.3 cm³/mol. The van der Waals surface area contributed by atoms with E-state index in [0.717, 1.165) is 5.69 Å². The van der Waals surface area contributed by atoms with Crippen LogP contribution >= 0.6 is 0 Å². The summed E-state index contributed by atoms with van der Waals surface area (Å²) in [5.41, 5.74) is 2.40. The third-order valence-electron chi connectivity index (χ3n) is 3.21. The number of halogens is 2. The van der Waals surface area contributed by atoms with Gasteiger partial charge in [0.25, 0.3) is 6.43 Å². The van der Waals surface area contributed by atoms with Crippen LogP contribution in [0.25, 0.3) is 16.7 Å². The van der Waals surface area contributed by atoms with E-state index in [9.17, 15) is 8.78 Å². The zero-order chi connectivity index (χ0) is 14.3. The Morgan fingerprint density at radius 3 is 2.45 bits per heavy atom. The molecule has 3 nitrogen and oxygen atoms in total. The first-order valence-corrected chi connectivity index (χ1v) is 6.28. The first-order valence-electron chi connectivity index (χ1n) is 6.28. The highest BCUT2D eigenvalue weighted by atomic mass is 19.3. The van der Waals surface area contributed by atoms with Crippen molar-refractivity contribution in [1.29, 1.82) is 0 Å². The van der Waals surface area contributed by atoms with Crippen molar-refractivity contribution in [3.63, 3.8) is 0 Å².